The van der Waals surface area contributed by atoms with E-state index in [1.165, 1.54) is 5.56 Å². The van der Waals surface area contributed by atoms with E-state index in [-0.39, 0.29) is 17.1 Å². The molecule has 0 aromatic heterocycles. The zero-order chi connectivity index (χ0) is 16.2. The molecule has 2 N–H and O–H groups in total. The Labute approximate surface area is 132 Å². The minimum atomic E-state index is -0.0563. The second-order valence-electron chi connectivity index (χ2n) is 6.50. The Morgan fingerprint density at radius 3 is 2.14 bits per heavy atom. The van der Waals surface area contributed by atoms with Gasteiger partial charge >= 0.3 is 0 Å². The molecule has 0 radical (unpaired) electrons. The SMILES string of the molecule is CC(C)(C)c1ccc(C(=O)NCCc2ccc(O)cc2)cc1. The number of nitrogens with one attached hydrogen (secondary N) is 1. The third-order valence-electron chi connectivity index (χ3n) is 3.65. The van der Waals surface area contributed by atoms with Crippen molar-refractivity contribution in [3.8, 4) is 5.75 Å². The molecular weight excluding hydrogens is 274 g/mol. The average molecular weight is 297 g/mol. The van der Waals surface area contributed by atoms with Crippen LogP contribution in [0.1, 0.15) is 42.3 Å². The molecule has 1 amide bonds. The number of rotatable bonds is 4. The minimum Gasteiger partial charge on any atom is -0.508 e. The molecule has 0 atom stereocenters. The molecule has 0 aliphatic heterocycles. The van der Waals surface area contributed by atoms with Crippen molar-refractivity contribution in [1.29, 1.82) is 0 Å². The lowest BCUT2D eigenvalue weighted by Gasteiger charge is -2.19. The van der Waals surface area contributed by atoms with Gasteiger partial charge in [0.25, 0.3) is 5.91 Å². The van der Waals surface area contributed by atoms with E-state index in [2.05, 4.69) is 26.1 Å². The van der Waals surface area contributed by atoms with Crippen LogP contribution in [0.25, 0.3) is 0 Å². The molecule has 22 heavy (non-hydrogen) atoms. The molecule has 3 nitrogen and oxygen atoms in total. The van der Waals surface area contributed by atoms with E-state index in [4.69, 9.17) is 0 Å². The normalized spacial score (nSPS) is 11.2. The van der Waals surface area contributed by atoms with Crippen LogP contribution in [0.4, 0.5) is 0 Å². The molecule has 0 unspecified atom stereocenters. The van der Waals surface area contributed by atoms with Crippen LogP contribution in [0.3, 0.4) is 0 Å². The van der Waals surface area contributed by atoms with Crippen molar-refractivity contribution in [3.05, 3.63) is 65.2 Å². The maximum absolute atomic E-state index is 12.1. The van der Waals surface area contributed by atoms with Gasteiger partial charge < -0.3 is 10.4 Å². The highest BCUT2D eigenvalue weighted by Gasteiger charge is 2.14. The van der Waals surface area contributed by atoms with E-state index in [1.54, 1.807) is 12.1 Å². The lowest BCUT2D eigenvalue weighted by atomic mass is 9.87. The van der Waals surface area contributed by atoms with Gasteiger partial charge in [-0.05, 0) is 47.2 Å². The Balaban J connectivity index is 1.88. The molecule has 2 aromatic rings. The van der Waals surface area contributed by atoms with Crippen LogP contribution in [0, 0.1) is 0 Å². The maximum atomic E-state index is 12.1. The molecule has 2 rings (SSSR count). The molecule has 2 aromatic carbocycles. The minimum absolute atomic E-state index is 0.0563. The third-order valence-corrected chi connectivity index (χ3v) is 3.65. The van der Waals surface area contributed by atoms with Crippen LogP contribution >= 0.6 is 0 Å². The molecule has 3 heteroatoms. The van der Waals surface area contributed by atoms with Crippen LogP contribution in [0.15, 0.2) is 48.5 Å². The van der Waals surface area contributed by atoms with Crippen molar-refractivity contribution in [3.63, 3.8) is 0 Å². The molecule has 0 bridgehead atoms. The quantitative estimate of drug-likeness (QED) is 0.904. The Morgan fingerprint density at radius 1 is 1.00 bits per heavy atom. The van der Waals surface area contributed by atoms with Crippen molar-refractivity contribution < 1.29 is 9.90 Å². The van der Waals surface area contributed by atoms with Gasteiger partial charge in [-0.2, -0.15) is 0 Å². The zero-order valence-corrected chi connectivity index (χ0v) is 13.4. The largest absolute Gasteiger partial charge is 0.508 e. The van der Waals surface area contributed by atoms with Gasteiger partial charge in [0.05, 0.1) is 0 Å². The zero-order valence-electron chi connectivity index (χ0n) is 13.4. The maximum Gasteiger partial charge on any atom is 0.251 e. The molecule has 0 spiro atoms. The number of aromatic hydroxyl groups is 1. The van der Waals surface area contributed by atoms with E-state index < -0.39 is 0 Å². The Kier molecular flexibility index (Phi) is 4.86. The van der Waals surface area contributed by atoms with Gasteiger partial charge in [0.1, 0.15) is 5.75 Å². The van der Waals surface area contributed by atoms with Crippen molar-refractivity contribution in [2.75, 3.05) is 6.54 Å². The highest BCUT2D eigenvalue weighted by atomic mass is 16.3. The molecule has 116 valence electrons. The summed E-state index contributed by atoms with van der Waals surface area (Å²) in [7, 11) is 0. The van der Waals surface area contributed by atoms with E-state index in [1.807, 2.05) is 36.4 Å². The summed E-state index contributed by atoms with van der Waals surface area (Å²) in [5.74, 6) is 0.200. The number of amides is 1. The standard InChI is InChI=1S/C19H23NO2/c1-19(2,3)16-8-6-15(7-9-16)18(22)20-13-12-14-4-10-17(21)11-5-14/h4-11,21H,12-13H2,1-3H3,(H,20,22). The number of carbonyl (C=O) groups excluding carboxylic acids is 1. The lowest BCUT2D eigenvalue weighted by molar-refractivity contribution is 0.0954. The topological polar surface area (TPSA) is 49.3 Å². The van der Waals surface area contributed by atoms with Crippen molar-refractivity contribution in [2.24, 2.45) is 0 Å². The summed E-state index contributed by atoms with van der Waals surface area (Å²) in [5.41, 5.74) is 3.07. The summed E-state index contributed by atoms with van der Waals surface area (Å²) in [6, 6.07) is 14.8. The summed E-state index contributed by atoms with van der Waals surface area (Å²) < 4.78 is 0. The van der Waals surface area contributed by atoms with Gasteiger partial charge in [-0.3, -0.25) is 4.79 Å². The van der Waals surface area contributed by atoms with Gasteiger partial charge in [0.2, 0.25) is 0 Å². The molecule has 0 fully saturated rings. The average Bonchev–Trinajstić information content (AvgIpc) is 2.48. The lowest BCUT2D eigenvalue weighted by Crippen LogP contribution is -2.25. The van der Waals surface area contributed by atoms with Gasteiger partial charge in [0, 0.05) is 12.1 Å². The van der Waals surface area contributed by atoms with Crippen LogP contribution in [0.5, 0.6) is 5.75 Å². The van der Waals surface area contributed by atoms with E-state index in [9.17, 15) is 9.90 Å². The van der Waals surface area contributed by atoms with E-state index in [0.29, 0.717) is 12.1 Å². The van der Waals surface area contributed by atoms with Crippen LogP contribution in [-0.4, -0.2) is 17.6 Å². The number of carbonyl (C=O) groups is 1. The Hall–Kier alpha value is -2.29. The van der Waals surface area contributed by atoms with Crippen LogP contribution < -0.4 is 5.32 Å². The van der Waals surface area contributed by atoms with E-state index >= 15 is 0 Å². The number of benzene rings is 2. The Bertz CT molecular complexity index is 622. The number of phenolic OH excluding ortho intramolecular Hbond substituents is 1. The van der Waals surface area contributed by atoms with Crippen molar-refractivity contribution in [2.45, 2.75) is 32.6 Å². The predicted octanol–water partition coefficient (Wildman–Crippen LogP) is 3.66. The summed E-state index contributed by atoms with van der Waals surface area (Å²) in [6.07, 6.45) is 0.742. The van der Waals surface area contributed by atoms with Gasteiger partial charge in [-0.15, -0.1) is 0 Å². The predicted molar refractivity (Wildman–Crippen MR) is 89.3 cm³/mol. The number of phenols is 1. The first-order valence-electron chi connectivity index (χ1n) is 7.53. The van der Waals surface area contributed by atoms with Gasteiger partial charge in [0.15, 0.2) is 0 Å². The smallest absolute Gasteiger partial charge is 0.251 e. The number of hydrogen-bond acceptors (Lipinski definition) is 2. The molecule has 0 aliphatic rings. The van der Waals surface area contributed by atoms with Crippen LogP contribution in [0.2, 0.25) is 0 Å². The summed E-state index contributed by atoms with van der Waals surface area (Å²) >= 11 is 0. The highest BCUT2D eigenvalue weighted by Crippen LogP contribution is 2.22. The van der Waals surface area contributed by atoms with Gasteiger partial charge in [-0.25, -0.2) is 0 Å². The fraction of sp³-hybridized carbons (Fsp3) is 0.316. The fourth-order valence-corrected chi connectivity index (χ4v) is 2.21. The Morgan fingerprint density at radius 2 is 1.59 bits per heavy atom. The molecule has 0 saturated heterocycles. The molecule has 0 heterocycles. The summed E-state index contributed by atoms with van der Waals surface area (Å²) in [6.45, 7) is 7.03. The van der Waals surface area contributed by atoms with Gasteiger partial charge in [-0.1, -0.05) is 45.0 Å². The first-order valence-corrected chi connectivity index (χ1v) is 7.53. The first kappa shape index (κ1) is 16.1. The second kappa shape index (κ2) is 6.65. The molecule has 0 saturated carbocycles. The fourth-order valence-electron chi connectivity index (χ4n) is 2.21. The second-order valence-corrected chi connectivity index (χ2v) is 6.50. The summed E-state index contributed by atoms with van der Waals surface area (Å²) in [4.78, 5) is 12.1. The van der Waals surface area contributed by atoms with Crippen molar-refractivity contribution in [1.82, 2.24) is 5.32 Å². The van der Waals surface area contributed by atoms with Crippen LogP contribution in [-0.2, 0) is 11.8 Å². The molecule has 0 aliphatic carbocycles. The van der Waals surface area contributed by atoms with E-state index in [0.717, 1.165) is 12.0 Å². The summed E-state index contributed by atoms with van der Waals surface area (Å²) in [5, 5.41) is 12.1. The highest BCUT2D eigenvalue weighted by molar-refractivity contribution is 5.94. The monoisotopic (exact) mass is 297 g/mol. The first-order chi connectivity index (χ1) is 10.4. The third kappa shape index (κ3) is 4.35. The van der Waals surface area contributed by atoms with Crippen molar-refractivity contribution >= 4 is 5.91 Å². The number of hydrogen-bond donors (Lipinski definition) is 2. The molecular formula is C19H23NO2.